The third-order valence-corrected chi connectivity index (χ3v) is 6.65. The van der Waals surface area contributed by atoms with Crippen LogP contribution in [0.15, 0.2) is 0 Å². The Kier molecular flexibility index (Phi) is 12.2. The third kappa shape index (κ3) is 10.6. The Hall–Kier alpha value is -2.00. The molecule has 9 nitrogen and oxygen atoms in total. The summed E-state index contributed by atoms with van der Waals surface area (Å²) in [4.78, 5) is 48.9. The second-order valence-corrected chi connectivity index (χ2v) is 14.4. The van der Waals surface area contributed by atoms with Gasteiger partial charge >= 0.3 is 5.97 Å². The maximum absolute atomic E-state index is 12.4. The van der Waals surface area contributed by atoms with Gasteiger partial charge in [0.15, 0.2) is 0 Å². The topological polar surface area (TPSA) is 116 Å². The number of hydrogen-bond acceptors (Lipinski definition) is 7. The highest BCUT2D eigenvalue weighted by Crippen LogP contribution is 2.38. The minimum atomic E-state index is -0.604. The molecule has 0 aromatic carbocycles. The molecule has 1 saturated heterocycles. The predicted molar refractivity (Wildman–Crippen MR) is 149 cm³/mol. The molecule has 0 radical (unpaired) electrons. The molecule has 2 N–H and O–H groups in total. The average molecular weight is 542 g/mol. The number of nitrogens with one attached hydrogen (secondary N) is 1. The number of piperidine rings is 1. The number of rotatable bonds is 6. The van der Waals surface area contributed by atoms with Gasteiger partial charge in [-0.3, -0.25) is 24.1 Å². The van der Waals surface area contributed by atoms with Crippen LogP contribution >= 0.6 is 0 Å². The van der Waals surface area contributed by atoms with Crippen LogP contribution in [0.3, 0.4) is 0 Å². The largest absolute Gasteiger partial charge is 0.462 e. The molecule has 1 aliphatic heterocycles. The van der Waals surface area contributed by atoms with Gasteiger partial charge < -0.3 is 15.3 Å². The van der Waals surface area contributed by atoms with Crippen molar-refractivity contribution in [2.75, 3.05) is 6.67 Å². The molecule has 0 spiro atoms. The summed E-state index contributed by atoms with van der Waals surface area (Å²) in [6.45, 7) is 25.7. The first-order valence-corrected chi connectivity index (χ1v) is 13.6. The lowest BCUT2D eigenvalue weighted by Crippen LogP contribution is -2.60. The van der Waals surface area contributed by atoms with Gasteiger partial charge in [-0.25, -0.2) is 0 Å². The SMILES string of the molecule is CC(C)(C)C(=O)OC1CC(C)(C)N(O)C(C)(C)C1.CCCC(C)(C)C(=O)N(CNC(=O)C(C)(C)C)C(C)=O. The van der Waals surface area contributed by atoms with Gasteiger partial charge in [-0.15, -0.1) is 0 Å². The van der Waals surface area contributed by atoms with E-state index in [-0.39, 0.29) is 47.5 Å². The normalized spacial score (nSPS) is 18.1. The van der Waals surface area contributed by atoms with Crippen LogP contribution in [0.5, 0.6) is 0 Å². The number of carbonyl (C=O) groups is 4. The summed E-state index contributed by atoms with van der Waals surface area (Å²) in [5.41, 5.74) is -2.41. The van der Waals surface area contributed by atoms with E-state index in [9.17, 15) is 24.4 Å². The maximum atomic E-state index is 12.4. The van der Waals surface area contributed by atoms with Crippen LogP contribution in [0, 0.1) is 16.2 Å². The van der Waals surface area contributed by atoms with Gasteiger partial charge in [-0.1, -0.05) is 48.0 Å². The molecule has 0 saturated carbocycles. The van der Waals surface area contributed by atoms with Crippen molar-refractivity contribution < 1.29 is 29.1 Å². The van der Waals surface area contributed by atoms with Crippen molar-refractivity contribution in [2.45, 2.75) is 140 Å². The first-order valence-electron chi connectivity index (χ1n) is 13.6. The molecule has 1 heterocycles. The lowest BCUT2D eigenvalue weighted by molar-refractivity contribution is -0.260. The smallest absolute Gasteiger partial charge is 0.311 e. The van der Waals surface area contributed by atoms with E-state index in [4.69, 9.17) is 4.74 Å². The predicted octanol–water partition coefficient (Wildman–Crippen LogP) is 5.29. The van der Waals surface area contributed by atoms with Gasteiger partial charge in [-0.2, -0.15) is 5.06 Å². The van der Waals surface area contributed by atoms with E-state index in [1.165, 1.54) is 12.0 Å². The monoisotopic (exact) mass is 541 g/mol. The number of carbonyl (C=O) groups excluding carboxylic acids is 4. The first kappa shape index (κ1) is 36.0. The molecule has 3 amide bonds. The quantitative estimate of drug-likeness (QED) is 0.346. The Morgan fingerprint density at radius 3 is 1.71 bits per heavy atom. The molecule has 0 bridgehead atoms. The maximum Gasteiger partial charge on any atom is 0.311 e. The molecule has 1 rings (SSSR count). The number of imide groups is 1. The number of hydrogen-bond donors (Lipinski definition) is 2. The Bertz CT molecular complexity index is 831. The molecule has 9 heteroatoms. The minimum absolute atomic E-state index is 0.0720. The minimum Gasteiger partial charge on any atom is -0.462 e. The Morgan fingerprint density at radius 1 is 0.921 bits per heavy atom. The summed E-state index contributed by atoms with van der Waals surface area (Å²) in [6, 6.07) is 0. The van der Waals surface area contributed by atoms with Crippen molar-refractivity contribution in [3.63, 3.8) is 0 Å². The number of nitrogens with zero attached hydrogens (tertiary/aromatic N) is 2. The molecule has 0 aromatic rings. The van der Waals surface area contributed by atoms with E-state index in [1.54, 1.807) is 20.8 Å². The van der Waals surface area contributed by atoms with E-state index in [0.29, 0.717) is 19.3 Å². The number of hydroxylamine groups is 2. The van der Waals surface area contributed by atoms with Crippen molar-refractivity contribution >= 4 is 23.7 Å². The number of amides is 3. The van der Waals surface area contributed by atoms with Gasteiger partial charge in [0.1, 0.15) is 12.8 Å². The fourth-order valence-electron chi connectivity index (χ4n) is 4.43. The van der Waals surface area contributed by atoms with Crippen molar-refractivity contribution in [1.29, 1.82) is 0 Å². The molecule has 0 atom stereocenters. The summed E-state index contributed by atoms with van der Waals surface area (Å²) in [5, 5.41) is 14.2. The van der Waals surface area contributed by atoms with Crippen LogP contribution in [-0.2, 0) is 23.9 Å². The number of ether oxygens (including phenoxy) is 1. The summed E-state index contributed by atoms with van der Waals surface area (Å²) in [5.74, 6) is -0.968. The standard InChI is InChI=1S/C15H28N2O3.C14H27NO3/c1-8-9-15(6,7)13(20)17(11(2)18)10-16-12(19)14(3,4)5;1-12(2,3)11(16)18-10-8-13(4,5)15(17)14(6,7)9-10/h8-10H2,1-7H3,(H,16,19);10,17H,8-9H2,1-7H3. The third-order valence-electron chi connectivity index (χ3n) is 6.65. The Morgan fingerprint density at radius 2 is 1.37 bits per heavy atom. The molecular formula is C29H55N3O6. The van der Waals surface area contributed by atoms with Crippen molar-refractivity contribution in [1.82, 2.24) is 15.3 Å². The van der Waals surface area contributed by atoms with E-state index < -0.39 is 16.2 Å². The van der Waals surface area contributed by atoms with Crippen molar-refractivity contribution in [2.24, 2.45) is 16.2 Å². The lowest BCUT2D eigenvalue weighted by atomic mass is 9.80. The summed E-state index contributed by atoms with van der Waals surface area (Å²) in [6.07, 6.45) is 2.72. The zero-order valence-electron chi connectivity index (χ0n) is 26.5. The summed E-state index contributed by atoms with van der Waals surface area (Å²) >= 11 is 0. The van der Waals surface area contributed by atoms with Crippen LogP contribution in [0.25, 0.3) is 0 Å². The zero-order chi connectivity index (χ0) is 30.5. The highest BCUT2D eigenvalue weighted by atomic mass is 16.5. The molecule has 0 aromatic heterocycles. The van der Waals surface area contributed by atoms with Crippen LogP contribution in [-0.4, -0.2) is 62.7 Å². The zero-order valence-corrected chi connectivity index (χ0v) is 26.5. The van der Waals surface area contributed by atoms with Crippen LogP contribution in [0.1, 0.15) is 123 Å². The molecule has 0 aliphatic carbocycles. The molecule has 0 unspecified atom stereocenters. The molecule has 1 aliphatic rings. The van der Waals surface area contributed by atoms with Gasteiger partial charge in [0, 0.05) is 41.7 Å². The van der Waals surface area contributed by atoms with Crippen LogP contribution < -0.4 is 5.32 Å². The summed E-state index contributed by atoms with van der Waals surface area (Å²) < 4.78 is 5.60. The molecule has 222 valence electrons. The second-order valence-electron chi connectivity index (χ2n) is 14.4. The van der Waals surface area contributed by atoms with Crippen molar-refractivity contribution in [3.05, 3.63) is 0 Å². The lowest BCUT2D eigenvalue weighted by Gasteiger charge is -2.51. The van der Waals surface area contributed by atoms with Gasteiger partial charge in [0.05, 0.1) is 5.41 Å². The summed E-state index contributed by atoms with van der Waals surface area (Å²) in [7, 11) is 0. The molecule has 1 fully saturated rings. The first-order chi connectivity index (χ1) is 16.8. The van der Waals surface area contributed by atoms with E-state index in [2.05, 4.69) is 5.32 Å². The van der Waals surface area contributed by atoms with Gasteiger partial charge in [0.2, 0.25) is 17.7 Å². The van der Waals surface area contributed by atoms with E-state index in [0.717, 1.165) is 11.3 Å². The molecular weight excluding hydrogens is 486 g/mol. The fraction of sp³-hybridized carbons (Fsp3) is 0.862. The Labute approximate surface area is 231 Å². The van der Waals surface area contributed by atoms with Gasteiger partial charge in [0.25, 0.3) is 0 Å². The highest BCUT2D eigenvalue weighted by Gasteiger charge is 2.47. The van der Waals surface area contributed by atoms with E-state index in [1.807, 2.05) is 69.2 Å². The van der Waals surface area contributed by atoms with E-state index >= 15 is 0 Å². The number of esters is 1. The molecule has 38 heavy (non-hydrogen) atoms. The van der Waals surface area contributed by atoms with Crippen LogP contribution in [0.4, 0.5) is 0 Å². The van der Waals surface area contributed by atoms with Crippen LogP contribution in [0.2, 0.25) is 0 Å². The second kappa shape index (κ2) is 12.9. The van der Waals surface area contributed by atoms with Crippen molar-refractivity contribution in [3.8, 4) is 0 Å². The Balaban J connectivity index is 0.000000724. The average Bonchev–Trinajstić information content (AvgIpc) is 2.70. The van der Waals surface area contributed by atoms with Gasteiger partial charge in [-0.05, 0) is 54.9 Å². The fourth-order valence-corrected chi connectivity index (χ4v) is 4.43. The highest BCUT2D eigenvalue weighted by molar-refractivity contribution is 5.97.